The van der Waals surface area contributed by atoms with Gasteiger partial charge >= 0.3 is 0 Å². The van der Waals surface area contributed by atoms with Crippen molar-refractivity contribution < 1.29 is 9.50 Å². The van der Waals surface area contributed by atoms with E-state index in [4.69, 9.17) is 0 Å². The molecular formula is C16H13FO. The Morgan fingerprint density at radius 1 is 0.944 bits per heavy atom. The first-order chi connectivity index (χ1) is 8.75. The number of rotatable bonds is 0. The summed E-state index contributed by atoms with van der Waals surface area (Å²) in [5, 5.41) is 10.3. The lowest BCUT2D eigenvalue weighted by atomic mass is 9.62. The largest absolute Gasteiger partial charge is 0.392 e. The van der Waals surface area contributed by atoms with Gasteiger partial charge in [0, 0.05) is 11.8 Å². The van der Waals surface area contributed by atoms with E-state index in [-0.39, 0.29) is 23.8 Å². The maximum absolute atomic E-state index is 13.4. The summed E-state index contributed by atoms with van der Waals surface area (Å²) in [4.78, 5) is 0. The predicted molar refractivity (Wildman–Crippen MR) is 67.2 cm³/mol. The van der Waals surface area contributed by atoms with Crippen LogP contribution in [0.4, 0.5) is 4.39 Å². The number of aliphatic hydroxyl groups excluding tert-OH is 1. The Morgan fingerprint density at radius 3 is 2.50 bits per heavy atom. The van der Waals surface area contributed by atoms with Crippen LogP contribution in [0.5, 0.6) is 0 Å². The lowest BCUT2D eigenvalue weighted by Crippen LogP contribution is -2.35. The molecule has 0 fully saturated rings. The summed E-state index contributed by atoms with van der Waals surface area (Å²) >= 11 is 0. The molecule has 18 heavy (non-hydrogen) atoms. The Bertz CT molecular complexity index is 635. The van der Waals surface area contributed by atoms with Gasteiger partial charge in [0.05, 0.1) is 6.10 Å². The van der Waals surface area contributed by atoms with Gasteiger partial charge in [-0.15, -0.1) is 0 Å². The van der Waals surface area contributed by atoms with Gasteiger partial charge in [0.1, 0.15) is 5.82 Å². The van der Waals surface area contributed by atoms with Gasteiger partial charge in [0.2, 0.25) is 0 Å². The third kappa shape index (κ3) is 1.19. The van der Waals surface area contributed by atoms with Crippen LogP contribution >= 0.6 is 0 Å². The van der Waals surface area contributed by atoms with Gasteiger partial charge in [0.25, 0.3) is 0 Å². The average Bonchev–Trinajstić information content (AvgIpc) is 2.39. The molecule has 0 radical (unpaired) electrons. The van der Waals surface area contributed by atoms with Crippen LogP contribution in [-0.4, -0.2) is 11.2 Å². The summed E-state index contributed by atoms with van der Waals surface area (Å²) in [5.41, 5.74) is 4.62. The molecule has 0 spiro atoms. The van der Waals surface area contributed by atoms with Crippen LogP contribution in [0, 0.1) is 5.82 Å². The van der Waals surface area contributed by atoms with E-state index in [2.05, 4.69) is 12.1 Å². The fraction of sp³-hybridized carbons (Fsp3) is 0.250. The minimum atomic E-state index is -0.345. The van der Waals surface area contributed by atoms with Gasteiger partial charge in [-0.25, -0.2) is 4.39 Å². The normalized spacial score (nSPS) is 27.8. The summed E-state index contributed by atoms with van der Waals surface area (Å²) in [6.07, 6.45) is 0.362. The molecular weight excluding hydrogens is 227 g/mol. The van der Waals surface area contributed by atoms with Crippen molar-refractivity contribution in [1.29, 1.82) is 0 Å². The molecule has 0 aromatic heterocycles. The summed E-state index contributed by atoms with van der Waals surface area (Å²) in [6.45, 7) is 0. The van der Waals surface area contributed by atoms with Gasteiger partial charge in [-0.05, 0) is 40.8 Å². The van der Waals surface area contributed by atoms with Gasteiger partial charge < -0.3 is 5.11 Å². The molecule has 3 aliphatic carbocycles. The number of fused-ring (bicyclic) bond motifs is 1. The summed E-state index contributed by atoms with van der Waals surface area (Å²) < 4.78 is 13.4. The van der Waals surface area contributed by atoms with E-state index in [0.29, 0.717) is 6.42 Å². The zero-order valence-electron chi connectivity index (χ0n) is 9.81. The molecule has 3 atom stereocenters. The number of hydrogen-bond donors (Lipinski definition) is 1. The van der Waals surface area contributed by atoms with Crippen molar-refractivity contribution in [2.75, 3.05) is 0 Å². The second-order valence-electron chi connectivity index (χ2n) is 5.24. The van der Waals surface area contributed by atoms with Crippen LogP contribution in [0.2, 0.25) is 0 Å². The van der Waals surface area contributed by atoms with Gasteiger partial charge in [-0.3, -0.25) is 0 Å². The molecule has 5 rings (SSSR count). The molecule has 1 nitrogen and oxygen atoms in total. The molecule has 0 heterocycles. The zero-order chi connectivity index (χ0) is 12.3. The molecule has 2 aromatic rings. The van der Waals surface area contributed by atoms with Crippen LogP contribution in [0.1, 0.15) is 40.5 Å². The maximum Gasteiger partial charge on any atom is 0.123 e. The van der Waals surface area contributed by atoms with Crippen molar-refractivity contribution in [1.82, 2.24) is 0 Å². The molecule has 0 unspecified atom stereocenters. The Labute approximate surface area is 105 Å². The van der Waals surface area contributed by atoms with E-state index >= 15 is 0 Å². The lowest BCUT2D eigenvalue weighted by molar-refractivity contribution is 0.124. The highest BCUT2D eigenvalue weighted by atomic mass is 19.1. The van der Waals surface area contributed by atoms with Crippen LogP contribution in [0.15, 0.2) is 42.5 Å². The first-order valence-corrected chi connectivity index (χ1v) is 6.32. The molecule has 2 heteroatoms. The standard InChI is InChI=1S/C16H13FO/c17-9-5-6-12-13(7-9)14-8-15(18)16(12)11-4-2-1-3-10(11)14/h1-7,14-16,18H,8H2/t14-,15+,16+/m0/s1. The monoisotopic (exact) mass is 240 g/mol. The smallest absolute Gasteiger partial charge is 0.123 e. The molecule has 1 N–H and O–H groups in total. The van der Waals surface area contributed by atoms with Crippen molar-refractivity contribution in [3.8, 4) is 0 Å². The Morgan fingerprint density at radius 2 is 1.67 bits per heavy atom. The minimum Gasteiger partial charge on any atom is -0.392 e. The summed E-state index contributed by atoms with van der Waals surface area (Å²) in [6, 6.07) is 13.2. The predicted octanol–water partition coefficient (Wildman–Crippen LogP) is 3.17. The molecule has 0 saturated heterocycles. The molecule has 90 valence electrons. The number of hydrogen-bond acceptors (Lipinski definition) is 1. The van der Waals surface area contributed by atoms with Crippen LogP contribution in [0.25, 0.3) is 0 Å². The van der Waals surface area contributed by atoms with E-state index in [0.717, 1.165) is 11.1 Å². The Kier molecular flexibility index (Phi) is 1.95. The first-order valence-electron chi connectivity index (χ1n) is 6.32. The Balaban J connectivity index is 2.02. The molecule has 2 aromatic carbocycles. The Hall–Kier alpha value is -1.67. The lowest BCUT2D eigenvalue weighted by Gasteiger charge is -2.43. The molecule has 0 aliphatic heterocycles. The summed E-state index contributed by atoms with van der Waals surface area (Å²) in [5.74, 6) is -0.0260. The highest BCUT2D eigenvalue weighted by Crippen LogP contribution is 2.52. The van der Waals surface area contributed by atoms with Crippen LogP contribution in [0.3, 0.4) is 0 Å². The minimum absolute atomic E-state index is 0.0156. The highest BCUT2D eigenvalue weighted by molar-refractivity contribution is 5.56. The van der Waals surface area contributed by atoms with E-state index in [1.165, 1.54) is 17.2 Å². The fourth-order valence-corrected chi connectivity index (χ4v) is 3.62. The third-order valence-corrected chi connectivity index (χ3v) is 4.33. The van der Waals surface area contributed by atoms with E-state index in [1.807, 2.05) is 18.2 Å². The highest BCUT2D eigenvalue weighted by Gasteiger charge is 2.42. The molecule has 2 bridgehead atoms. The van der Waals surface area contributed by atoms with Crippen molar-refractivity contribution >= 4 is 0 Å². The van der Waals surface area contributed by atoms with Crippen molar-refractivity contribution in [2.45, 2.75) is 24.4 Å². The van der Waals surface area contributed by atoms with Gasteiger partial charge in [-0.1, -0.05) is 30.3 Å². The van der Waals surface area contributed by atoms with E-state index in [9.17, 15) is 9.50 Å². The van der Waals surface area contributed by atoms with E-state index < -0.39 is 0 Å². The number of aliphatic hydroxyl groups is 1. The zero-order valence-corrected chi connectivity index (χ0v) is 9.81. The molecule has 3 aliphatic rings. The maximum atomic E-state index is 13.4. The fourth-order valence-electron chi connectivity index (χ4n) is 3.62. The van der Waals surface area contributed by atoms with Crippen molar-refractivity contribution in [3.63, 3.8) is 0 Å². The van der Waals surface area contributed by atoms with Gasteiger partial charge in [0.15, 0.2) is 0 Å². The molecule has 0 saturated carbocycles. The second kappa shape index (κ2) is 3.42. The second-order valence-corrected chi connectivity index (χ2v) is 5.24. The van der Waals surface area contributed by atoms with Crippen molar-refractivity contribution in [2.24, 2.45) is 0 Å². The summed E-state index contributed by atoms with van der Waals surface area (Å²) in [7, 11) is 0. The van der Waals surface area contributed by atoms with Gasteiger partial charge in [-0.2, -0.15) is 0 Å². The van der Waals surface area contributed by atoms with Crippen LogP contribution in [-0.2, 0) is 0 Å². The third-order valence-electron chi connectivity index (χ3n) is 4.33. The topological polar surface area (TPSA) is 20.2 Å². The number of halogens is 1. The molecule has 0 amide bonds. The van der Waals surface area contributed by atoms with E-state index in [1.54, 1.807) is 6.07 Å². The first kappa shape index (κ1) is 10.3. The number of benzene rings is 2. The quantitative estimate of drug-likeness (QED) is 0.750. The SMILES string of the molecule is O[C@@H]1C[C@H]2c3ccccc3[C@@H]1c1ccc(F)cc12. The van der Waals surface area contributed by atoms with Crippen molar-refractivity contribution in [3.05, 3.63) is 70.5 Å². The average molecular weight is 240 g/mol. The van der Waals surface area contributed by atoms with Crippen LogP contribution < -0.4 is 0 Å².